The molecule has 0 saturated heterocycles. The van der Waals surface area contributed by atoms with Crippen LogP contribution in [0.3, 0.4) is 0 Å². The molecule has 2 N–H and O–H groups in total. The molecule has 0 aliphatic rings. The maximum absolute atomic E-state index is 13.0. The highest BCUT2D eigenvalue weighted by Gasteiger charge is 2.33. The van der Waals surface area contributed by atoms with Gasteiger partial charge in [0.25, 0.3) is 5.91 Å². The SMILES string of the molecule is CC(Oc1ccc(F)cc1Br)C(=O)NCCNc1ncccc1C(F)(F)F. The van der Waals surface area contributed by atoms with Crippen molar-refractivity contribution in [1.29, 1.82) is 0 Å². The first-order valence-corrected chi connectivity index (χ1v) is 8.63. The molecule has 0 spiro atoms. The van der Waals surface area contributed by atoms with Crippen LogP contribution in [0.5, 0.6) is 5.75 Å². The van der Waals surface area contributed by atoms with Gasteiger partial charge in [0.1, 0.15) is 17.4 Å². The molecule has 1 aromatic carbocycles. The predicted molar refractivity (Wildman–Crippen MR) is 94.9 cm³/mol. The fraction of sp³-hybridized carbons (Fsp3) is 0.294. The molecule has 10 heteroatoms. The first kappa shape index (κ1) is 20.9. The number of benzene rings is 1. The Hall–Kier alpha value is -2.36. The van der Waals surface area contributed by atoms with Gasteiger partial charge < -0.3 is 15.4 Å². The summed E-state index contributed by atoms with van der Waals surface area (Å²) in [5.41, 5.74) is -0.880. The molecule has 146 valence electrons. The molecular formula is C17H16BrF4N3O2. The molecule has 1 aromatic heterocycles. The van der Waals surface area contributed by atoms with Crippen LogP contribution in [0.25, 0.3) is 0 Å². The Balaban J connectivity index is 1.83. The monoisotopic (exact) mass is 449 g/mol. The van der Waals surface area contributed by atoms with E-state index in [9.17, 15) is 22.4 Å². The van der Waals surface area contributed by atoms with Gasteiger partial charge in [-0.1, -0.05) is 0 Å². The number of hydrogen-bond acceptors (Lipinski definition) is 4. The predicted octanol–water partition coefficient (Wildman–Crippen LogP) is 4.00. The second-order valence-corrected chi connectivity index (χ2v) is 6.30. The van der Waals surface area contributed by atoms with Crippen LogP contribution >= 0.6 is 15.9 Å². The highest BCUT2D eigenvalue weighted by atomic mass is 79.9. The average molecular weight is 450 g/mol. The van der Waals surface area contributed by atoms with E-state index in [2.05, 4.69) is 31.5 Å². The molecule has 1 amide bonds. The maximum atomic E-state index is 13.0. The van der Waals surface area contributed by atoms with Gasteiger partial charge in [0.2, 0.25) is 0 Å². The highest BCUT2D eigenvalue weighted by molar-refractivity contribution is 9.10. The lowest BCUT2D eigenvalue weighted by Crippen LogP contribution is -2.38. The van der Waals surface area contributed by atoms with Crippen LogP contribution in [0.4, 0.5) is 23.4 Å². The lowest BCUT2D eigenvalue weighted by Gasteiger charge is -2.16. The van der Waals surface area contributed by atoms with Gasteiger partial charge >= 0.3 is 6.18 Å². The second kappa shape index (κ2) is 9.03. The lowest BCUT2D eigenvalue weighted by atomic mass is 10.2. The summed E-state index contributed by atoms with van der Waals surface area (Å²) in [5, 5.41) is 5.08. The molecule has 0 fully saturated rings. The van der Waals surface area contributed by atoms with E-state index >= 15 is 0 Å². The summed E-state index contributed by atoms with van der Waals surface area (Å²) >= 11 is 3.13. The van der Waals surface area contributed by atoms with Crippen molar-refractivity contribution >= 4 is 27.7 Å². The molecule has 2 rings (SSSR count). The second-order valence-electron chi connectivity index (χ2n) is 5.45. The van der Waals surface area contributed by atoms with Crippen molar-refractivity contribution in [2.45, 2.75) is 19.2 Å². The van der Waals surface area contributed by atoms with E-state index in [1.807, 2.05) is 0 Å². The third-order valence-electron chi connectivity index (χ3n) is 3.40. The van der Waals surface area contributed by atoms with Crippen molar-refractivity contribution < 1.29 is 27.1 Å². The minimum Gasteiger partial charge on any atom is -0.480 e. The number of aromatic nitrogens is 1. The Labute approximate surface area is 161 Å². The summed E-state index contributed by atoms with van der Waals surface area (Å²) in [5.74, 6) is -0.936. The van der Waals surface area contributed by atoms with Gasteiger partial charge in [0, 0.05) is 19.3 Å². The number of amides is 1. The molecule has 1 atom stereocenters. The summed E-state index contributed by atoms with van der Waals surface area (Å²) in [6, 6.07) is 5.89. The van der Waals surface area contributed by atoms with Crippen molar-refractivity contribution in [3.63, 3.8) is 0 Å². The van der Waals surface area contributed by atoms with E-state index in [4.69, 9.17) is 4.74 Å². The molecule has 27 heavy (non-hydrogen) atoms. The zero-order chi connectivity index (χ0) is 20.0. The summed E-state index contributed by atoms with van der Waals surface area (Å²) in [7, 11) is 0. The van der Waals surface area contributed by atoms with Crippen LogP contribution in [-0.4, -0.2) is 30.1 Å². The van der Waals surface area contributed by atoms with E-state index in [0.29, 0.717) is 10.2 Å². The Kier molecular flexibility index (Phi) is 7.00. The molecule has 0 aliphatic heterocycles. The van der Waals surface area contributed by atoms with Crippen LogP contribution < -0.4 is 15.4 Å². The number of anilines is 1. The molecule has 1 unspecified atom stereocenters. The number of halogens is 5. The topological polar surface area (TPSA) is 63.2 Å². The number of alkyl halides is 3. The molecule has 0 radical (unpaired) electrons. The number of carbonyl (C=O) groups is 1. The van der Waals surface area contributed by atoms with Crippen LogP contribution in [0.1, 0.15) is 12.5 Å². The van der Waals surface area contributed by atoms with Crippen molar-refractivity contribution in [2.75, 3.05) is 18.4 Å². The normalized spacial score (nSPS) is 12.4. The third-order valence-corrected chi connectivity index (χ3v) is 4.02. The number of nitrogens with one attached hydrogen (secondary N) is 2. The van der Waals surface area contributed by atoms with Gasteiger partial charge in [-0.25, -0.2) is 9.37 Å². The van der Waals surface area contributed by atoms with E-state index in [-0.39, 0.29) is 18.9 Å². The molecule has 0 aliphatic carbocycles. The van der Waals surface area contributed by atoms with Crippen LogP contribution in [0.2, 0.25) is 0 Å². The number of carbonyl (C=O) groups excluding carboxylic acids is 1. The minimum atomic E-state index is -4.52. The summed E-state index contributed by atoms with van der Waals surface area (Å²) in [4.78, 5) is 15.7. The zero-order valence-electron chi connectivity index (χ0n) is 14.1. The average Bonchev–Trinajstić information content (AvgIpc) is 2.60. The van der Waals surface area contributed by atoms with Crippen LogP contribution in [0, 0.1) is 5.82 Å². The Morgan fingerprint density at radius 1 is 1.30 bits per heavy atom. The molecular weight excluding hydrogens is 434 g/mol. The lowest BCUT2D eigenvalue weighted by molar-refractivity contribution is -0.137. The Morgan fingerprint density at radius 3 is 2.70 bits per heavy atom. The fourth-order valence-corrected chi connectivity index (χ4v) is 2.54. The van der Waals surface area contributed by atoms with Crippen LogP contribution in [-0.2, 0) is 11.0 Å². The van der Waals surface area contributed by atoms with Gasteiger partial charge in [-0.05, 0) is 53.2 Å². The fourth-order valence-electron chi connectivity index (χ4n) is 2.10. The number of rotatable bonds is 7. The molecule has 1 heterocycles. The Bertz CT molecular complexity index is 802. The van der Waals surface area contributed by atoms with Crippen molar-refractivity contribution in [3.05, 3.63) is 52.4 Å². The molecule has 2 aromatic rings. The maximum Gasteiger partial charge on any atom is 0.419 e. The molecule has 5 nitrogen and oxygen atoms in total. The number of hydrogen-bond donors (Lipinski definition) is 2. The zero-order valence-corrected chi connectivity index (χ0v) is 15.7. The van der Waals surface area contributed by atoms with Crippen molar-refractivity contribution in [3.8, 4) is 5.75 Å². The van der Waals surface area contributed by atoms with Crippen molar-refractivity contribution in [2.24, 2.45) is 0 Å². The summed E-state index contributed by atoms with van der Waals surface area (Å²) in [6.45, 7) is 1.60. The largest absolute Gasteiger partial charge is 0.480 e. The first-order chi connectivity index (χ1) is 12.7. The summed E-state index contributed by atoms with van der Waals surface area (Å²) < 4.78 is 57.4. The van der Waals surface area contributed by atoms with Gasteiger partial charge in [-0.2, -0.15) is 13.2 Å². The van der Waals surface area contributed by atoms with Crippen LogP contribution in [0.15, 0.2) is 41.0 Å². The number of ether oxygens (including phenoxy) is 1. The number of nitrogens with zero attached hydrogens (tertiary/aromatic N) is 1. The van der Waals surface area contributed by atoms with Crippen molar-refractivity contribution in [1.82, 2.24) is 10.3 Å². The minimum absolute atomic E-state index is 0.0405. The Morgan fingerprint density at radius 2 is 2.04 bits per heavy atom. The standard InChI is InChI=1S/C17H16BrF4N3O2/c1-10(27-14-5-4-11(19)9-13(14)18)16(26)25-8-7-24-15-12(17(20,21)22)3-2-6-23-15/h2-6,9-10H,7-8H2,1H3,(H,23,24)(H,25,26). The summed E-state index contributed by atoms with van der Waals surface area (Å²) in [6.07, 6.45) is -4.16. The highest BCUT2D eigenvalue weighted by Crippen LogP contribution is 2.33. The smallest absolute Gasteiger partial charge is 0.419 e. The van der Waals surface area contributed by atoms with E-state index in [1.54, 1.807) is 0 Å². The third kappa shape index (κ3) is 6.09. The molecule has 0 saturated carbocycles. The van der Waals surface area contributed by atoms with Gasteiger partial charge in [0.05, 0.1) is 10.0 Å². The van der Waals surface area contributed by atoms with Gasteiger partial charge in [0.15, 0.2) is 6.10 Å². The number of pyridine rings is 1. The van der Waals surface area contributed by atoms with E-state index < -0.39 is 29.6 Å². The molecule has 0 bridgehead atoms. The van der Waals surface area contributed by atoms with Gasteiger partial charge in [-0.3, -0.25) is 4.79 Å². The van der Waals surface area contributed by atoms with Gasteiger partial charge in [-0.15, -0.1) is 0 Å². The van der Waals surface area contributed by atoms with E-state index in [0.717, 1.165) is 6.07 Å². The quantitative estimate of drug-likeness (QED) is 0.495. The first-order valence-electron chi connectivity index (χ1n) is 7.84. The van der Waals surface area contributed by atoms with E-state index in [1.165, 1.54) is 37.4 Å².